The fraction of sp³-hybridized carbons (Fsp3) is 0.480. The highest BCUT2D eigenvalue weighted by molar-refractivity contribution is 5.86. The molecule has 0 N–H and O–H groups in total. The Bertz CT molecular complexity index is 941. The Labute approximate surface area is 169 Å². The largest absolute Gasteiger partial charge is 0.347 e. The minimum Gasteiger partial charge on any atom is -0.347 e. The maximum Gasteiger partial charge on any atom is 0.0483 e. The molecule has 0 amide bonds. The van der Waals surface area contributed by atoms with Gasteiger partial charge in [-0.25, -0.2) is 0 Å². The first-order valence-corrected chi connectivity index (χ1v) is 10.7. The average Bonchev–Trinajstić information content (AvgIpc) is 2.85. The molecular formula is C25H33N3. The van der Waals surface area contributed by atoms with E-state index in [-0.39, 0.29) is 0 Å². The monoisotopic (exact) mass is 375 g/mol. The smallest absolute Gasteiger partial charge is 0.0483 e. The van der Waals surface area contributed by atoms with Gasteiger partial charge >= 0.3 is 0 Å². The lowest BCUT2D eigenvalue weighted by molar-refractivity contribution is 0.306. The van der Waals surface area contributed by atoms with Gasteiger partial charge in [0.15, 0.2) is 0 Å². The number of aromatic nitrogens is 2. The summed E-state index contributed by atoms with van der Waals surface area (Å²) in [6.07, 6.45) is 8.71. The van der Waals surface area contributed by atoms with Gasteiger partial charge in [0.2, 0.25) is 0 Å². The summed E-state index contributed by atoms with van der Waals surface area (Å²) in [5.74, 6) is 1.15. The third-order valence-electron chi connectivity index (χ3n) is 6.56. The summed E-state index contributed by atoms with van der Waals surface area (Å²) in [4.78, 5) is 6.77. The van der Waals surface area contributed by atoms with Gasteiger partial charge in [-0.05, 0) is 74.5 Å². The van der Waals surface area contributed by atoms with Crippen molar-refractivity contribution in [1.29, 1.82) is 0 Å². The molecule has 0 spiro atoms. The number of hydrogen-bond acceptors (Lipinski definition) is 2. The molecule has 3 nitrogen and oxygen atoms in total. The molecule has 2 aromatic heterocycles. The van der Waals surface area contributed by atoms with Gasteiger partial charge in [-0.15, -0.1) is 0 Å². The minimum absolute atomic E-state index is 0.560. The van der Waals surface area contributed by atoms with Crippen LogP contribution in [0, 0.1) is 6.92 Å². The fourth-order valence-electron chi connectivity index (χ4n) is 5.23. The number of benzene rings is 1. The molecule has 3 heteroatoms. The molecule has 4 rings (SSSR count). The Morgan fingerprint density at radius 3 is 2.68 bits per heavy atom. The molecule has 1 aliphatic rings. The first-order valence-electron chi connectivity index (χ1n) is 10.7. The number of hydrogen-bond donors (Lipinski definition) is 0. The standard InChI is InChI=1S/C25H33N3/c1-5-6-20(19-9-12-26-13-10-19)16-21-17-27(3)14-11-22-23-15-18(2)7-8-24(23)28(4)25(21)22/h7-10,12-13,15,20-21H,5-6,11,14,16-17H2,1-4H3. The maximum atomic E-state index is 4.24. The van der Waals surface area contributed by atoms with Crippen molar-refractivity contribution in [3.8, 4) is 0 Å². The normalized spacial score (nSPS) is 18.8. The molecule has 0 fully saturated rings. The SMILES string of the molecule is CCCC(CC1CN(C)CCc2c1n(C)c1ccc(C)cc21)c1ccncc1. The molecule has 0 radical (unpaired) electrons. The van der Waals surface area contributed by atoms with E-state index in [2.05, 4.69) is 72.7 Å². The molecule has 0 saturated heterocycles. The van der Waals surface area contributed by atoms with E-state index in [1.807, 2.05) is 12.4 Å². The van der Waals surface area contributed by atoms with Gasteiger partial charge in [0, 0.05) is 55.0 Å². The lowest BCUT2D eigenvalue weighted by Gasteiger charge is -2.27. The van der Waals surface area contributed by atoms with Crippen molar-refractivity contribution in [2.75, 3.05) is 20.1 Å². The molecule has 148 valence electrons. The first-order chi connectivity index (χ1) is 13.6. The minimum atomic E-state index is 0.560. The number of rotatable bonds is 5. The van der Waals surface area contributed by atoms with E-state index in [0.29, 0.717) is 11.8 Å². The summed E-state index contributed by atoms with van der Waals surface area (Å²) < 4.78 is 2.49. The molecule has 2 atom stereocenters. The lowest BCUT2D eigenvalue weighted by atomic mass is 9.83. The zero-order valence-electron chi connectivity index (χ0n) is 17.8. The van der Waals surface area contributed by atoms with Crippen LogP contribution in [0.4, 0.5) is 0 Å². The van der Waals surface area contributed by atoms with Gasteiger partial charge in [0.05, 0.1) is 0 Å². The van der Waals surface area contributed by atoms with Gasteiger partial charge in [0.1, 0.15) is 0 Å². The third kappa shape index (κ3) is 3.60. The predicted octanol–water partition coefficient (Wildman–Crippen LogP) is 5.43. The van der Waals surface area contributed by atoms with E-state index in [9.17, 15) is 0 Å². The fourth-order valence-corrected chi connectivity index (χ4v) is 5.23. The summed E-state index contributed by atoms with van der Waals surface area (Å²) in [6.45, 7) is 6.80. The van der Waals surface area contributed by atoms with Crippen molar-refractivity contribution in [3.63, 3.8) is 0 Å². The van der Waals surface area contributed by atoms with Crippen molar-refractivity contribution in [1.82, 2.24) is 14.5 Å². The van der Waals surface area contributed by atoms with Crippen molar-refractivity contribution in [2.24, 2.45) is 7.05 Å². The van der Waals surface area contributed by atoms with Crippen LogP contribution in [0.1, 0.15) is 60.4 Å². The second-order valence-corrected chi connectivity index (χ2v) is 8.65. The van der Waals surface area contributed by atoms with Gasteiger partial charge < -0.3 is 9.47 Å². The average molecular weight is 376 g/mol. The van der Waals surface area contributed by atoms with E-state index in [1.165, 1.54) is 41.3 Å². The molecule has 0 bridgehead atoms. The van der Waals surface area contributed by atoms with Crippen LogP contribution in [0.3, 0.4) is 0 Å². The van der Waals surface area contributed by atoms with Crippen molar-refractivity contribution in [3.05, 3.63) is 65.1 Å². The molecule has 1 aromatic carbocycles. The second-order valence-electron chi connectivity index (χ2n) is 8.65. The van der Waals surface area contributed by atoms with E-state index in [0.717, 1.165) is 19.5 Å². The van der Waals surface area contributed by atoms with E-state index in [4.69, 9.17) is 0 Å². The molecule has 1 aliphatic heterocycles. The summed E-state index contributed by atoms with van der Waals surface area (Å²) in [5, 5.41) is 1.47. The summed E-state index contributed by atoms with van der Waals surface area (Å²) in [5.41, 5.74) is 7.34. The maximum absolute atomic E-state index is 4.24. The Morgan fingerprint density at radius 1 is 1.14 bits per heavy atom. The van der Waals surface area contributed by atoms with Crippen LogP contribution in [0.2, 0.25) is 0 Å². The summed E-state index contributed by atoms with van der Waals surface area (Å²) in [6, 6.07) is 11.4. The Kier molecular flexibility index (Phi) is 5.54. The topological polar surface area (TPSA) is 21.1 Å². The number of fused-ring (bicyclic) bond motifs is 3. The highest BCUT2D eigenvalue weighted by Gasteiger charge is 2.29. The van der Waals surface area contributed by atoms with Gasteiger partial charge in [-0.2, -0.15) is 0 Å². The highest BCUT2D eigenvalue weighted by atomic mass is 15.1. The van der Waals surface area contributed by atoms with Crippen LogP contribution < -0.4 is 0 Å². The van der Waals surface area contributed by atoms with E-state index < -0.39 is 0 Å². The Balaban J connectivity index is 1.77. The van der Waals surface area contributed by atoms with Crippen LogP contribution in [-0.4, -0.2) is 34.6 Å². The molecule has 0 saturated carbocycles. The second kappa shape index (κ2) is 8.08. The van der Waals surface area contributed by atoms with Gasteiger partial charge in [0.25, 0.3) is 0 Å². The van der Waals surface area contributed by atoms with Crippen LogP contribution in [0.5, 0.6) is 0 Å². The molecular weight excluding hydrogens is 342 g/mol. The molecule has 0 aliphatic carbocycles. The molecule has 3 aromatic rings. The molecule has 2 unspecified atom stereocenters. The van der Waals surface area contributed by atoms with Crippen LogP contribution in [0.15, 0.2) is 42.7 Å². The van der Waals surface area contributed by atoms with Crippen molar-refractivity contribution < 1.29 is 0 Å². The highest BCUT2D eigenvalue weighted by Crippen LogP contribution is 2.39. The molecule has 28 heavy (non-hydrogen) atoms. The van der Waals surface area contributed by atoms with Crippen LogP contribution >= 0.6 is 0 Å². The van der Waals surface area contributed by atoms with Crippen LogP contribution in [0.25, 0.3) is 10.9 Å². The Hall–Kier alpha value is -2.13. The zero-order valence-corrected chi connectivity index (χ0v) is 17.8. The van der Waals surface area contributed by atoms with E-state index in [1.54, 1.807) is 11.3 Å². The van der Waals surface area contributed by atoms with Crippen molar-refractivity contribution in [2.45, 2.75) is 51.4 Å². The predicted molar refractivity (Wildman–Crippen MR) is 118 cm³/mol. The van der Waals surface area contributed by atoms with Gasteiger partial charge in [-0.3, -0.25) is 4.98 Å². The zero-order chi connectivity index (χ0) is 19.7. The Morgan fingerprint density at radius 2 is 1.93 bits per heavy atom. The molecule has 3 heterocycles. The number of aryl methyl sites for hydroxylation is 2. The summed E-state index contributed by atoms with van der Waals surface area (Å²) >= 11 is 0. The quantitative estimate of drug-likeness (QED) is 0.593. The lowest BCUT2D eigenvalue weighted by Crippen LogP contribution is -2.25. The summed E-state index contributed by atoms with van der Waals surface area (Å²) in [7, 11) is 4.56. The van der Waals surface area contributed by atoms with Crippen molar-refractivity contribution >= 4 is 10.9 Å². The van der Waals surface area contributed by atoms with E-state index >= 15 is 0 Å². The van der Waals surface area contributed by atoms with Gasteiger partial charge in [-0.1, -0.05) is 25.0 Å². The number of nitrogens with zero attached hydrogens (tertiary/aromatic N) is 3. The third-order valence-corrected chi connectivity index (χ3v) is 6.56. The number of likely N-dealkylation sites (N-methyl/N-ethyl adjacent to an activating group) is 1. The number of pyridine rings is 1. The first kappa shape index (κ1) is 19.2. The van der Waals surface area contributed by atoms with Crippen LogP contribution in [-0.2, 0) is 13.5 Å².